The molecule has 1 heterocycles. The summed E-state index contributed by atoms with van der Waals surface area (Å²) in [7, 11) is 0. The SMILES string of the molecule is Cc1ccc2cc(C(=O)/C=C/c3cc(C)c(OC(C)(C)C(=O)O)c(C)c3)oc2c1. The zero-order chi connectivity index (χ0) is 21.3. The summed E-state index contributed by atoms with van der Waals surface area (Å²) in [6.45, 7) is 8.69. The van der Waals surface area contributed by atoms with Gasteiger partial charge in [-0.15, -0.1) is 0 Å². The Bertz CT molecular complexity index is 1110. The maximum atomic E-state index is 12.5. The highest BCUT2D eigenvalue weighted by molar-refractivity contribution is 6.07. The van der Waals surface area contributed by atoms with Crippen molar-refractivity contribution in [3.63, 3.8) is 0 Å². The molecule has 0 radical (unpaired) electrons. The van der Waals surface area contributed by atoms with Gasteiger partial charge in [0.15, 0.2) is 11.4 Å². The summed E-state index contributed by atoms with van der Waals surface area (Å²) in [6.07, 6.45) is 3.19. The Labute approximate surface area is 169 Å². The standard InChI is InChI=1S/C24H24O5/c1-14-6-8-18-13-21(28-20(18)10-14)19(25)9-7-17-11-15(2)22(16(3)12-17)29-24(4,5)23(26)27/h6-13H,1-5H3,(H,26,27)/b9-7+. The molecule has 0 aliphatic heterocycles. The van der Waals surface area contributed by atoms with Gasteiger partial charge >= 0.3 is 5.97 Å². The van der Waals surface area contributed by atoms with Crippen LogP contribution in [0, 0.1) is 20.8 Å². The molecule has 5 heteroatoms. The van der Waals surface area contributed by atoms with Crippen LogP contribution in [0.3, 0.4) is 0 Å². The molecule has 0 saturated heterocycles. The minimum atomic E-state index is -1.33. The predicted octanol–water partition coefficient (Wildman–Crippen LogP) is 5.50. The van der Waals surface area contributed by atoms with Gasteiger partial charge in [0.25, 0.3) is 0 Å². The van der Waals surface area contributed by atoms with Gasteiger partial charge in [-0.3, -0.25) is 4.79 Å². The van der Waals surface area contributed by atoms with Gasteiger partial charge in [0.05, 0.1) is 0 Å². The van der Waals surface area contributed by atoms with Crippen LogP contribution in [0.4, 0.5) is 0 Å². The number of aliphatic carboxylic acids is 1. The number of furan rings is 1. The number of allylic oxidation sites excluding steroid dienone is 1. The summed E-state index contributed by atoms with van der Waals surface area (Å²) in [5, 5.41) is 10.2. The maximum absolute atomic E-state index is 12.5. The fourth-order valence-electron chi connectivity index (χ4n) is 3.05. The molecule has 0 atom stereocenters. The average Bonchev–Trinajstić information content (AvgIpc) is 3.05. The van der Waals surface area contributed by atoms with Crippen LogP contribution in [0.5, 0.6) is 5.75 Å². The number of carbonyl (C=O) groups excluding carboxylic acids is 1. The van der Waals surface area contributed by atoms with Crippen LogP contribution in [0.2, 0.25) is 0 Å². The van der Waals surface area contributed by atoms with E-state index in [2.05, 4.69) is 0 Å². The Morgan fingerprint density at radius 2 is 1.69 bits per heavy atom. The number of ketones is 1. The van der Waals surface area contributed by atoms with E-state index in [1.807, 2.05) is 51.1 Å². The molecule has 2 aromatic carbocycles. The Morgan fingerprint density at radius 3 is 2.31 bits per heavy atom. The number of rotatable bonds is 6. The fourth-order valence-corrected chi connectivity index (χ4v) is 3.05. The first-order chi connectivity index (χ1) is 13.6. The van der Waals surface area contributed by atoms with Gasteiger partial charge < -0.3 is 14.3 Å². The van der Waals surface area contributed by atoms with E-state index < -0.39 is 11.6 Å². The van der Waals surface area contributed by atoms with Gasteiger partial charge in [-0.1, -0.05) is 18.2 Å². The van der Waals surface area contributed by atoms with Crippen LogP contribution in [-0.2, 0) is 4.79 Å². The third kappa shape index (κ3) is 4.40. The molecule has 0 spiro atoms. The van der Waals surface area contributed by atoms with Gasteiger partial charge in [-0.25, -0.2) is 4.79 Å². The number of carbonyl (C=O) groups is 2. The van der Waals surface area contributed by atoms with Crippen LogP contribution in [-0.4, -0.2) is 22.5 Å². The molecular formula is C24H24O5. The smallest absolute Gasteiger partial charge is 0.347 e. The number of benzene rings is 2. The van der Waals surface area contributed by atoms with Gasteiger partial charge in [0, 0.05) is 5.39 Å². The summed E-state index contributed by atoms with van der Waals surface area (Å²) in [5.41, 5.74) is 2.84. The lowest BCUT2D eigenvalue weighted by molar-refractivity contribution is -0.152. The number of fused-ring (bicyclic) bond motifs is 1. The highest BCUT2D eigenvalue weighted by Crippen LogP contribution is 2.29. The zero-order valence-electron chi connectivity index (χ0n) is 17.2. The molecule has 3 rings (SSSR count). The van der Waals surface area contributed by atoms with Crippen molar-refractivity contribution < 1.29 is 23.8 Å². The Kier molecular flexibility index (Phi) is 5.33. The summed E-state index contributed by atoms with van der Waals surface area (Å²) in [6, 6.07) is 11.3. The van der Waals surface area contributed by atoms with Crippen molar-refractivity contribution in [1.29, 1.82) is 0 Å². The zero-order valence-corrected chi connectivity index (χ0v) is 17.2. The Morgan fingerprint density at radius 1 is 1.03 bits per heavy atom. The lowest BCUT2D eigenvalue weighted by atomic mass is 10.0. The van der Waals surface area contributed by atoms with E-state index in [-0.39, 0.29) is 5.78 Å². The van der Waals surface area contributed by atoms with Gasteiger partial charge in [0.1, 0.15) is 11.3 Å². The third-order valence-corrected chi connectivity index (χ3v) is 4.70. The first-order valence-corrected chi connectivity index (χ1v) is 9.33. The molecule has 0 amide bonds. The maximum Gasteiger partial charge on any atom is 0.347 e. The molecule has 0 fully saturated rings. The van der Waals surface area contributed by atoms with E-state index in [0.717, 1.165) is 27.6 Å². The second kappa shape index (κ2) is 7.59. The topological polar surface area (TPSA) is 76.7 Å². The van der Waals surface area contributed by atoms with E-state index in [1.165, 1.54) is 19.9 Å². The molecule has 1 N–H and O–H groups in total. The number of carboxylic acid groups (broad SMARTS) is 1. The second-order valence-corrected chi connectivity index (χ2v) is 7.75. The quantitative estimate of drug-likeness (QED) is 0.443. The molecular weight excluding hydrogens is 368 g/mol. The highest BCUT2D eigenvalue weighted by Gasteiger charge is 2.30. The molecule has 0 bridgehead atoms. The van der Waals surface area contributed by atoms with E-state index in [0.29, 0.717) is 17.1 Å². The minimum absolute atomic E-state index is 0.221. The molecule has 0 saturated carbocycles. The molecule has 0 aliphatic rings. The van der Waals surface area contributed by atoms with Crippen molar-refractivity contribution in [3.05, 3.63) is 70.5 Å². The van der Waals surface area contributed by atoms with E-state index >= 15 is 0 Å². The van der Waals surface area contributed by atoms with Crippen molar-refractivity contribution >= 4 is 28.8 Å². The Balaban J connectivity index is 1.82. The van der Waals surface area contributed by atoms with Crippen molar-refractivity contribution in [2.24, 2.45) is 0 Å². The van der Waals surface area contributed by atoms with Gasteiger partial charge in [-0.2, -0.15) is 0 Å². The highest BCUT2D eigenvalue weighted by atomic mass is 16.5. The summed E-state index contributed by atoms with van der Waals surface area (Å²) < 4.78 is 11.4. The van der Waals surface area contributed by atoms with Gasteiger partial charge in [0.2, 0.25) is 5.78 Å². The van der Waals surface area contributed by atoms with Crippen LogP contribution >= 0.6 is 0 Å². The molecule has 150 valence electrons. The van der Waals surface area contributed by atoms with Crippen molar-refractivity contribution in [2.45, 2.75) is 40.2 Å². The lowest BCUT2D eigenvalue weighted by Gasteiger charge is -2.24. The fraction of sp³-hybridized carbons (Fsp3) is 0.250. The molecule has 0 aliphatic carbocycles. The molecule has 5 nitrogen and oxygen atoms in total. The second-order valence-electron chi connectivity index (χ2n) is 7.75. The number of ether oxygens (including phenoxy) is 1. The van der Waals surface area contributed by atoms with Crippen LogP contribution in [0.15, 0.2) is 46.9 Å². The predicted molar refractivity (Wildman–Crippen MR) is 113 cm³/mol. The molecule has 1 aromatic heterocycles. The largest absolute Gasteiger partial charge is 0.478 e. The summed E-state index contributed by atoms with van der Waals surface area (Å²) >= 11 is 0. The summed E-state index contributed by atoms with van der Waals surface area (Å²) in [5.74, 6) is -0.430. The summed E-state index contributed by atoms with van der Waals surface area (Å²) in [4.78, 5) is 23.8. The molecule has 3 aromatic rings. The first-order valence-electron chi connectivity index (χ1n) is 9.33. The van der Waals surface area contributed by atoms with E-state index in [9.17, 15) is 14.7 Å². The monoisotopic (exact) mass is 392 g/mol. The number of hydrogen-bond acceptors (Lipinski definition) is 4. The van der Waals surface area contributed by atoms with E-state index in [4.69, 9.17) is 9.15 Å². The van der Waals surface area contributed by atoms with E-state index in [1.54, 1.807) is 12.1 Å². The minimum Gasteiger partial charge on any atom is -0.478 e. The number of aryl methyl sites for hydroxylation is 3. The molecule has 29 heavy (non-hydrogen) atoms. The van der Waals surface area contributed by atoms with Crippen LogP contribution < -0.4 is 4.74 Å². The van der Waals surface area contributed by atoms with Gasteiger partial charge in [-0.05, 0) is 87.2 Å². The van der Waals surface area contributed by atoms with Crippen LogP contribution in [0.25, 0.3) is 17.0 Å². The molecule has 0 unspecified atom stereocenters. The van der Waals surface area contributed by atoms with Crippen LogP contribution in [0.1, 0.15) is 46.7 Å². The first kappa shape index (κ1) is 20.4. The third-order valence-electron chi connectivity index (χ3n) is 4.70. The van der Waals surface area contributed by atoms with Crippen molar-refractivity contribution in [3.8, 4) is 5.75 Å². The normalized spacial score (nSPS) is 11.9. The number of carboxylic acids is 1. The number of hydrogen-bond donors (Lipinski definition) is 1. The average molecular weight is 392 g/mol. The lowest BCUT2D eigenvalue weighted by Crippen LogP contribution is -2.38. The van der Waals surface area contributed by atoms with Crippen molar-refractivity contribution in [1.82, 2.24) is 0 Å². The Hall–Kier alpha value is -3.34. The van der Waals surface area contributed by atoms with Crippen molar-refractivity contribution in [2.75, 3.05) is 0 Å².